The van der Waals surface area contributed by atoms with Crippen molar-refractivity contribution < 1.29 is 0 Å². The zero-order valence-electron chi connectivity index (χ0n) is 51.8. The molecule has 0 aliphatic carbocycles. The molecule has 15 rings (SSSR count). The molecule has 12 aromatic carbocycles. The van der Waals surface area contributed by atoms with Gasteiger partial charge in [-0.2, -0.15) is 0 Å². The van der Waals surface area contributed by atoms with Crippen molar-refractivity contribution in [2.45, 2.75) is 55.4 Å². The average molecular weight is 1160 g/mol. The topological polar surface area (TPSA) is 52.9 Å². The molecule has 0 aliphatic rings. The molecule has 0 saturated carbocycles. The van der Waals surface area contributed by atoms with Crippen molar-refractivity contribution in [3.63, 3.8) is 0 Å². The molecular formula is C84H64N6. The third-order valence-electron chi connectivity index (χ3n) is 18.1. The van der Waals surface area contributed by atoms with Crippen LogP contribution in [0.15, 0.2) is 243 Å². The van der Waals surface area contributed by atoms with Crippen LogP contribution in [0.4, 0.5) is 5.69 Å². The van der Waals surface area contributed by atoms with E-state index in [-0.39, 0.29) is 0 Å². The molecule has 0 bridgehead atoms. The Balaban J connectivity index is 1.05. The quantitative estimate of drug-likeness (QED) is 0.128. The fraction of sp³-hybridized carbons (Fsp3) is 0.0952. The van der Waals surface area contributed by atoms with E-state index in [0.29, 0.717) is 23.2 Å². The molecule has 0 radical (unpaired) electrons. The first-order chi connectivity index (χ1) is 43.8. The smallest absolute Gasteiger partial charge is 0.197 e. The molecule has 6 heteroatoms. The molecule has 6 nitrogen and oxygen atoms in total. The Morgan fingerprint density at radius 3 is 0.978 bits per heavy atom. The summed E-state index contributed by atoms with van der Waals surface area (Å²) in [4.78, 5) is 20.2. The number of hydrogen-bond acceptors (Lipinski definition) is 3. The van der Waals surface area contributed by atoms with Crippen LogP contribution in [0.2, 0.25) is 0 Å². The monoisotopic (exact) mass is 1160 g/mol. The summed E-state index contributed by atoms with van der Waals surface area (Å²) < 4.78 is 4.81. The molecule has 3 heterocycles. The van der Waals surface area contributed by atoms with Crippen molar-refractivity contribution in [3.8, 4) is 101 Å². The summed E-state index contributed by atoms with van der Waals surface area (Å²) in [5.74, 6) is 1.66. The highest BCUT2D eigenvalue weighted by Gasteiger charge is 2.26. The zero-order valence-corrected chi connectivity index (χ0v) is 51.8. The van der Waals surface area contributed by atoms with Crippen LogP contribution < -0.4 is 0 Å². The molecular weight excluding hydrogens is 1090 g/mol. The van der Waals surface area contributed by atoms with Crippen LogP contribution in [0, 0.1) is 62.0 Å². The van der Waals surface area contributed by atoms with Crippen molar-refractivity contribution >= 4 is 49.3 Å². The second-order valence-electron chi connectivity index (χ2n) is 24.4. The van der Waals surface area contributed by atoms with Gasteiger partial charge in [0, 0.05) is 49.5 Å². The lowest BCUT2D eigenvalue weighted by atomic mass is 9.95. The van der Waals surface area contributed by atoms with Crippen LogP contribution in [0.5, 0.6) is 0 Å². The first-order valence-corrected chi connectivity index (χ1v) is 30.8. The minimum Gasteiger partial charge on any atom is -0.310 e. The van der Waals surface area contributed by atoms with E-state index < -0.39 is 0 Å². The summed E-state index contributed by atoms with van der Waals surface area (Å²) in [5.41, 5.74) is 29.9. The molecule has 0 unspecified atom stereocenters. The van der Waals surface area contributed by atoms with Gasteiger partial charge in [-0.1, -0.05) is 192 Å². The van der Waals surface area contributed by atoms with E-state index in [1.807, 2.05) is 72.8 Å². The minimum atomic E-state index is 0.514. The fourth-order valence-electron chi connectivity index (χ4n) is 13.9. The first kappa shape index (κ1) is 55.3. The van der Waals surface area contributed by atoms with Gasteiger partial charge >= 0.3 is 0 Å². The van der Waals surface area contributed by atoms with Gasteiger partial charge < -0.3 is 9.13 Å². The van der Waals surface area contributed by atoms with Gasteiger partial charge in [-0.05, 0) is 201 Å². The molecule has 0 fully saturated rings. The van der Waals surface area contributed by atoms with E-state index >= 15 is 0 Å². The highest BCUT2D eigenvalue weighted by atomic mass is 15.0. The highest BCUT2D eigenvalue weighted by molar-refractivity contribution is 6.15. The van der Waals surface area contributed by atoms with Gasteiger partial charge in [0.15, 0.2) is 23.2 Å². The zero-order chi connectivity index (χ0) is 61.5. The summed E-state index contributed by atoms with van der Waals surface area (Å²) in [7, 11) is 0. The van der Waals surface area contributed by atoms with Crippen LogP contribution in [-0.2, 0) is 0 Å². The maximum Gasteiger partial charge on any atom is 0.197 e. The van der Waals surface area contributed by atoms with Crippen LogP contribution in [0.1, 0.15) is 44.5 Å². The fourth-order valence-corrected chi connectivity index (χ4v) is 13.9. The van der Waals surface area contributed by atoms with E-state index in [4.69, 9.17) is 15.0 Å². The largest absolute Gasteiger partial charge is 0.310 e. The van der Waals surface area contributed by atoms with Gasteiger partial charge in [0.1, 0.15) is 0 Å². The second-order valence-corrected chi connectivity index (χ2v) is 24.4. The summed E-state index contributed by atoms with van der Waals surface area (Å²) in [5, 5.41) is 4.50. The number of fused-ring (bicyclic) bond motifs is 6. The van der Waals surface area contributed by atoms with Crippen LogP contribution in [0.3, 0.4) is 0 Å². The Labute approximate surface area is 525 Å². The lowest BCUT2D eigenvalue weighted by Gasteiger charge is -2.21. The standard InChI is InChI=1S/C84H64N6/c1-50-23-32-65(54(5)41-50)60-27-36-75-69(45-60)70-46-61(66-33-24-51(2)42-55(66)6)28-37-76(70)89(75)79-40-31-64(84-87-82(58-17-12-10-13-18-58)86-83(88-84)59-19-14-11-15-20-59)49-73(79)81-74(85-9)21-16-22-80(81)90-77-38-29-62(67-34-25-52(3)43-56(67)7)47-71(77)72-48-63(30-39-78(72)90)68-35-26-53(4)44-57(68)8/h10-49H,1-8H3. The highest BCUT2D eigenvalue weighted by Crippen LogP contribution is 2.48. The van der Waals surface area contributed by atoms with Crippen LogP contribution in [0.25, 0.3) is 150 Å². The molecule has 3 aromatic heterocycles. The molecule has 0 amide bonds. The Morgan fingerprint density at radius 2 is 0.622 bits per heavy atom. The molecule has 15 aromatic rings. The predicted octanol–water partition coefficient (Wildman–Crippen LogP) is 22.4. The predicted molar refractivity (Wildman–Crippen MR) is 376 cm³/mol. The average Bonchev–Trinajstić information content (AvgIpc) is 1.79. The SMILES string of the molecule is [C-]#[N+]c1cccc(-n2c3ccc(-c4ccc(C)cc4C)cc3c3cc(-c4ccc(C)cc4C)ccc32)c1-c1cc(-c2nc(-c3ccccc3)nc(-c3ccccc3)n2)ccc1-n1c2ccc(-c3ccc(C)cc3C)cc2c2cc(-c3ccc(C)cc3C)ccc21. The summed E-state index contributed by atoms with van der Waals surface area (Å²) in [6, 6.07) is 87.6. The number of aromatic nitrogens is 5. The first-order valence-electron chi connectivity index (χ1n) is 30.8. The van der Waals surface area contributed by atoms with E-state index in [2.05, 4.69) is 239 Å². The van der Waals surface area contributed by atoms with Gasteiger partial charge in [-0.3, -0.25) is 0 Å². The molecule has 0 aliphatic heterocycles. The Bertz CT molecular complexity index is 5190. The summed E-state index contributed by atoms with van der Waals surface area (Å²) >= 11 is 0. The minimum absolute atomic E-state index is 0.514. The van der Waals surface area contributed by atoms with Crippen molar-refractivity contribution in [1.82, 2.24) is 24.1 Å². The van der Waals surface area contributed by atoms with E-state index in [1.54, 1.807) is 0 Å². The van der Waals surface area contributed by atoms with Crippen LogP contribution in [-0.4, -0.2) is 24.1 Å². The maximum atomic E-state index is 9.22. The summed E-state index contributed by atoms with van der Waals surface area (Å²) in [6.07, 6.45) is 0. The molecule has 90 heavy (non-hydrogen) atoms. The number of nitrogens with zero attached hydrogens (tertiary/aromatic N) is 6. The molecule has 0 N–H and O–H groups in total. The lowest BCUT2D eigenvalue weighted by Crippen LogP contribution is -2.04. The van der Waals surface area contributed by atoms with Crippen molar-refractivity contribution in [2.24, 2.45) is 0 Å². The van der Waals surface area contributed by atoms with Crippen molar-refractivity contribution in [2.75, 3.05) is 0 Å². The number of aryl methyl sites for hydroxylation is 8. The number of rotatable bonds is 10. The lowest BCUT2D eigenvalue weighted by molar-refractivity contribution is 1.07. The van der Waals surface area contributed by atoms with Crippen LogP contribution >= 0.6 is 0 Å². The van der Waals surface area contributed by atoms with Crippen molar-refractivity contribution in [1.29, 1.82) is 0 Å². The van der Waals surface area contributed by atoms with E-state index in [1.165, 1.54) is 66.8 Å². The van der Waals surface area contributed by atoms with Crippen molar-refractivity contribution in [3.05, 3.63) is 299 Å². The van der Waals surface area contributed by atoms with Gasteiger partial charge in [0.05, 0.1) is 34.3 Å². The molecule has 0 spiro atoms. The Kier molecular flexibility index (Phi) is 13.6. The third kappa shape index (κ3) is 9.64. The summed E-state index contributed by atoms with van der Waals surface area (Å²) in [6.45, 7) is 26.6. The Hall–Kier alpha value is -11.3. The van der Waals surface area contributed by atoms with E-state index in [9.17, 15) is 6.57 Å². The van der Waals surface area contributed by atoms with Gasteiger partial charge in [0.2, 0.25) is 0 Å². The second kappa shape index (κ2) is 22.2. The number of hydrogen-bond donors (Lipinski definition) is 0. The molecule has 0 atom stereocenters. The van der Waals surface area contributed by atoms with Gasteiger partial charge in [0.25, 0.3) is 0 Å². The van der Waals surface area contributed by atoms with Gasteiger partial charge in [-0.25, -0.2) is 19.8 Å². The van der Waals surface area contributed by atoms with E-state index in [0.717, 1.165) is 105 Å². The molecule has 0 saturated heterocycles. The maximum absolute atomic E-state index is 9.22. The molecule has 430 valence electrons. The number of benzene rings is 12. The Morgan fingerprint density at radius 1 is 0.278 bits per heavy atom. The third-order valence-corrected chi connectivity index (χ3v) is 18.1. The normalized spacial score (nSPS) is 11.5. The van der Waals surface area contributed by atoms with Gasteiger partial charge in [-0.15, -0.1) is 0 Å².